The fraction of sp³-hybridized carbons (Fsp3) is 0.278. The van der Waals surface area contributed by atoms with Crippen molar-refractivity contribution in [1.82, 2.24) is 4.90 Å². The molecule has 1 aliphatic heterocycles. The minimum Gasteiger partial charge on any atom is -0.481 e. The van der Waals surface area contributed by atoms with Crippen LogP contribution in [0.4, 0.5) is 0 Å². The number of carbonyl (C=O) groups is 3. The van der Waals surface area contributed by atoms with Crippen LogP contribution >= 0.6 is 22.9 Å². The Hall–Kier alpha value is -2.18. The van der Waals surface area contributed by atoms with E-state index in [0.717, 1.165) is 5.56 Å². The second-order valence-electron chi connectivity index (χ2n) is 6.07. The van der Waals surface area contributed by atoms with Crippen molar-refractivity contribution in [2.24, 2.45) is 5.92 Å². The lowest BCUT2D eigenvalue weighted by molar-refractivity contribution is -0.141. The van der Waals surface area contributed by atoms with Crippen LogP contribution in [-0.4, -0.2) is 40.8 Å². The summed E-state index contributed by atoms with van der Waals surface area (Å²) < 4.78 is 0. The Bertz CT molecular complexity index is 830. The van der Waals surface area contributed by atoms with Gasteiger partial charge in [-0.15, -0.1) is 11.3 Å². The van der Waals surface area contributed by atoms with Crippen molar-refractivity contribution < 1.29 is 19.5 Å². The molecule has 2 atom stereocenters. The van der Waals surface area contributed by atoms with Crippen LogP contribution in [0.3, 0.4) is 0 Å². The van der Waals surface area contributed by atoms with Gasteiger partial charge in [-0.05, 0) is 30.7 Å². The first-order chi connectivity index (χ1) is 11.9. The molecule has 7 heteroatoms. The van der Waals surface area contributed by atoms with Gasteiger partial charge in [0.05, 0.1) is 10.8 Å². The number of Topliss-reactive ketones (excluding diaryl/α,β-unsaturated/α-hetero) is 1. The monoisotopic (exact) mass is 377 g/mol. The first-order valence-electron chi connectivity index (χ1n) is 7.74. The van der Waals surface area contributed by atoms with Crippen LogP contribution in [0.5, 0.6) is 0 Å². The molecule has 0 spiro atoms. The molecule has 0 bridgehead atoms. The SMILES string of the molecule is CC(=O)c1csc(C(=O)N2C[C@@H](C(=O)O)[C@H](c3ccc(Cl)cc3)C2)c1. The number of carboxylic acid groups (broad SMARTS) is 1. The number of thiophene rings is 1. The Morgan fingerprint density at radius 1 is 1.20 bits per heavy atom. The van der Waals surface area contributed by atoms with E-state index in [1.807, 2.05) is 0 Å². The number of carboxylic acids is 1. The number of benzene rings is 1. The lowest BCUT2D eigenvalue weighted by atomic mass is 9.89. The van der Waals surface area contributed by atoms with Gasteiger partial charge < -0.3 is 10.0 Å². The third-order valence-corrected chi connectivity index (χ3v) is 5.61. The third-order valence-electron chi connectivity index (χ3n) is 4.44. The molecule has 1 N–H and O–H groups in total. The Morgan fingerprint density at radius 3 is 2.44 bits per heavy atom. The number of carbonyl (C=O) groups excluding carboxylic acids is 2. The zero-order chi connectivity index (χ0) is 18.1. The average Bonchev–Trinajstić information content (AvgIpc) is 3.22. The number of hydrogen-bond donors (Lipinski definition) is 1. The maximum atomic E-state index is 12.7. The molecular weight excluding hydrogens is 362 g/mol. The van der Waals surface area contributed by atoms with Gasteiger partial charge in [-0.2, -0.15) is 0 Å². The second kappa shape index (κ2) is 6.98. The van der Waals surface area contributed by atoms with E-state index in [1.165, 1.54) is 18.3 Å². The summed E-state index contributed by atoms with van der Waals surface area (Å²) in [5.41, 5.74) is 1.35. The molecule has 5 nitrogen and oxygen atoms in total. The van der Waals surface area contributed by atoms with Crippen molar-refractivity contribution in [3.63, 3.8) is 0 Å². The second-order valence-corrected chi connectivity index (χ2v) is 7.42. The fourth-order valence-corrected chi connectivity index (χ4v) is 4.10. The molecule has 1 amide bonds. The van der Waals surface area contributed by atoms with Gasteiger partial charge in [0.15, 0.2) is 5.78 Å². The van der Waals surface area contributed by atoms with Gasteiger partial charge in [0.1, 0.15) is 0 Å². The van der Waals surface area contributed by atoms with Crippen LogP contribution in [0, 0.1) is 5.92 Å². The van der Waals surface area contributed by atoms with Crippen LogP contribution in [-0.2, 0) is 4.79 Å². The quantitative estimate of drug-likeness (QED) is 0.827. The highest BCUT2D eigenvalue weighted by atomic mass is 35.5. The highest BCUT2D eigenvalue weighted by Gasteiger charge is 2.40. The maximum Gasteiger partial charge on any atom is 0.308 e. The van der Waals surface area contributed by atoms with Crippen molar-refractivity contribution in [3.8, 4) is 0 Å². The van der Waals surface area contributed by atoms with E-state index in [0.29, 0.717) is 22.0 Å². The Morgan fingerprint density at radius 2 is 1.88 bits per heavy atom. The number of ketones is 1. The topological polar surface area (TPSA) is 74.7 Å². The van der Waals surface area contributed by atoms with E-state index < -0.39 is 11.9 Å². The van der Waals surface area contributed by atoms with Gasteiger partial charge in [0.2, 0.25) is 0 Å². The van der Waals surface area contributed by atoms with Crippen molar-refractivity contribution in [1.29, 1.82) is 0 Å². The van der Waals surface area contributed by atoms with Crippen LogP contribution in [0.2, 0.25) is 5.02 Å². The molecule has 1 aromatic carbocycles. The largest absolute Gasteiger partial charge is 0.481 e. The van der Waals surface area contributed by atoms with E-state index in [1.54, 1.807) is 40.6 Å². The van der Waals surface area contributed by atoms with E-state index in [9.17, 15) is 19.5 Å². The fourth-order valence-electron chi connectivity index (χ4n) is 3.06. The number of hydrogen-bond acceptors (Lipinski definition) is 4. The molecule has 0 unspecified atom stereocenters. The molecular formula is C18H16ClNO4S. The zero-order valence-corrected chi connectivity index (χ0v) is 15.0. The summed E-state index contributed by atoms with van der Waals surface area (Å²) in [7, 11) is 0. The average molecular weight is 378 g/mol. The van der Waals surface area contributed by atoms with Gasteiger partial charge >= 0.3 is 5.97 Å². The molecule has 0 aliphatic carbocycles. The molecule has 1 saturated heterocycles. The Kier molecular flexibility index (Phi) is 4.92. The van der Waals surface area contributed by atoms with E-state index >= 15 is 0 Å². The Balaban J connectivity index is 1.83. The molecule has 1 fully saturated rings. The number of nitrogens with zero attached hydrogens (tertiary/aromatic N) is 1. The van der Waals surface area contributed by atoms with Gasteiger partial charge in [-0.3, -0.25) is 14.4 Å². The van der Waals surface area contributed by atoms with E-state index in [2.05, 4.69) is 0 Å². The van der Waals surface area contributed by atoms with Gasteiger partial charge in [-0.1, -0.05) is 23.7 Å². The summed E-state index contributed by atoms with van der Waals surface area (Å²) in [5, 5.41) is 11.8. The molecule has 0 radical (unpaired) electrons. The van der Waals surface area contributed by atoms with Crippen molar-refractivity contribution in [2.75, 3.05) is 13.1 Å². The zero-order valence-electron chi connectivity index (χ0n) is 13.4. The molecule has 2 heterocycles. The highest BCUT2D eigenvalue weighted by Crippen LogP contribution is 2.34. The van der Waals surface area contributed by atoms with Crippen LogP contribution < -0.4 is 0 Å². The van der Waals surface area contributed by atoms with Crippen LogP contribution in [0.1, 0.15) is 38.4 Å². The highest BCUT2D eigenvalue weighted by molar-refractivity contribution is 7.12. The summed E-state index contributed by atoms with van der Waals surface area (Å²) in [6.07, 6.45) is 0. The van der Waals surface area contributed by atoms with Crippen LogP contribution in [0.25, 0.3) is 0 Å². The first-order valence-corrected chi connectivity index (χ1v) is 8.99. The lowest BCUT2D eigenvalue weighted by Gasteiger charge is -2.16. The molecule has 3 rings (SSSR count). The maximum absolute atomic E-state index is 12.7. The summed E-state index contributed by atoms with van der Waals surface area (Å²) in [4.78, 5) is 37.7. The smallest absolute Gasteiger partial charge is 0.308 e. The predicted octanol–water partition coefficient (Wildman–Crippen LogP) is 3.54. The number of halogens is 1. The Labute approximate surface area is 153 Å². The molecule has 1 aliphatic rings. The molecule has 130 valence electrons. The minimum absolute atomic E-state index is 0.0980. The first kappa shape index (κ1) is 17.6. The molecule has 25 heavy (non-hydrogen) atoms. The van der Waals surface area contributed by atoms with E-state index in [-0.39, 0.29) is 24.2 Å². The minimum atomic E-state index is -0.925. The lowest BCUT2D eigenvalue weighted by Crippen LogP contribution is -2.29. The molecule has 0 saturated carbocycles. The summed E-state index contributed by atoms with van der Waals surface area (Å²) in [5.74, 6) is -2.21. The summed E-state index contributed by atoms with van der Waals surface area (Å²) >= 11 is 7.10. The van der Waals surface area contributed by atoms with Crippen molar-refractivity contribution in [2.45, 2.75) is 12.8 Å². The van der Waals surface area contributed by atoms with Crippen molar-refractivity contribution >= 4 is 40.6 Å². The van der Waals surface area contributed by atoms with Gasteiger partial charge in [-0.25, -0.2) is 0 Å². The van der Waals surface area contributed by atoms with Gasteiger partial charge in [0.25, 0.3) is 5.91 Å². The number of aliphatic carboxylic acids is 1. The summed E-state index contributed by atoms with van der Waals surface area (Å²) in [6.45, 7) is 1.92. The van der Waals surface area contributed by atoms with E-state index in [4.69, 9.17) is 11.6 Å². The van der Waals surface area contributed by atoms with Crippen LogP contribution in [0.15, 0.2) is 35.7 Å². The van der Waals surface area contributed by atoms with Gasteiger partial charge in [0, 0.05) is 35.0 Å². The number of amides is 1. The molecule has 1 aromatic heterocycles. The standard InChI is InChI=1S/C18H16ClNO4S/c1-10(21)12-6-16(25-9-12)17(22)20-7-14(15(8-20)18(23)24)11-2-4-13(19)5-3-11/h2-6,9,14-15H,7-8H2,1H3,(H,23,24)/t14-,15+/m0/s1. The third kappa shape index (κ3) is 3.60. The van der Waals surface area contributed by atoms with Crippen molar-refractivity contribution in [3.05, 3.63) is 56.7 Å². The predicted molar refractivity (Wildman–Crippen MR) is 95.5 cm³/mol. The molecule has 2 aromatic rings. The number of rotatable bonds is 4. The normalized spacial score (nSPS) is 19.8. The summed E-state index contributed by atoms with van der Waals surface area (Å²) in [6, 6.07) is 8.62. The number of likely N-dealkylation sites (tertiary alicyclic amines) is 1.